The van der Waals surface area contributed by atoms with Gasteiger partial charge in [-0.2, -0.15) is 0 Å². The number of likely N-dealkylation sites (N-methyl/N-ethyl adjacent to an activating group) is 1. The molecule has 3 heteroatoms. The Bertz CT molecular complexity index is 579. The minimum absolute atomic E-state index is 0.276. The molecule has 0 aliphatic carbocycles. The van der Waals surface area contributed by atoms with Crippen molar-refractivity contribution in [2.75, 3.05) is 20.6 Å². The van der Waals surface area contributed by atoms with Crippen LogP contribution in [0.2, 0.25) is 0 Å². The molecule has 1 atom stereocenters. The van der Waals surface area contributed by atoms with Crippen LogP contribution in [0.15, 0.2) is 59.6 Å². The lowest BCUT2D eigenvalue weighted by Gasteiger charge is -2.19. The van der Waals surface area contributed by atoms with Gasteiger partial charge in [-0.3, -0.25) is 4.99 Å². The predicted octanol–water partition coefficient (Wildman–Crippen LogP) is 1.57. The van der Waals surface area contributed by atoms with Crippen LogP contribution < -0.4 is 4.90 Å². The van der Waals surface area contributed by atoms with Gasteiger partial charge in [0.25, 0.3) is 0 Å². The lowest BCUT2D eigenvalue weighted by molar-refractivity contribution is -0.883. The highest BCUT2D eigenvalue weighted by atomic mass is 16.3. The molecule has 0 radical (unpaired) electrons. The number of hydrogen-bond acceptors (Lipinski definition) is 2. The first-order valence-corrected chi connectivity index (χ1v) is 7.28. The minimum Gasteiger partial charge on any atom is -0.507 e. The number of rotatable bonds is 6. The molecule has 2 aromatic rings. The summed E-state index contributed by atoms with van der Waals surface area (Å²) in [5, 5.41) is 9.72. The van der Waals surface area contributed by atoms with Crippen molar-refractivity contribution in [1.29, 1.82) is 0 Å². The van der Waals surface area contributed by atoms with Crippen LogP contribution >= 0.6 is 0 Å². The highest BCUT2D eigenvalue weighted by molar-refractivity contribution is 5.83. The molecule has 0 aliphatic heterocycles. The molecule has 2 rings (SSSR count). The molecule has 0 spiro atoms. The third-order valence-corrected chi connectivity index (χ3v) is 3.63. The zero-order valence-electron chi connectivity index (χ0n) is 12.7. The highest BCUT2D eigenvalue weighted by Crippen LogP contribution is 2.12. The molecule has 0 aliphatic rings. The summed E-state index contributed by atoms with van der Waals surface area (Å²) in [6, 6.07) is 18.2. The van der Waals surface area contributed by atoms with Crippen LogP contribution in [0.5, 0.6) is 5.75 Å². The topological polar surface area (TPSA) is 37.0 Å². The van der Waals surface area contributed by atoms with Crippen LogP contribution in [0.25, 0.3) is 0 Å². The fourth-order valence-corrected chi connectivity index (χ4v) is 2.22. The highest BCUT2D eigenvalue weighted by Gasteiger charge is 2.14. The lowest BCUT2D eigenvalue weighted by atomic mass is 10.1. The van der Waals surface area contributed by atoms with Crippen molar-refractivity contribution in [2.24, 2.45) is 4.99 Å². The molecule has 0 fully saturated rings. The van der Waals surface area contributed by atoms with Crippen molar-refractivity contribution in [3.63, 3.8) is 0 Å². The van der Waals surface area contributed by atoms with E-state index >= 15 is 0 Å². The van der Waals surface area contributed by atoms with Gasteiger partial charge in [0.1, 0.15) is 11.8 Å². The van der Waals surface area contributed by atoms with E-state index in [1.54, 1.807) is 12.3 Å². The Morgan fingerprint density at radius 2 is 1.71 bits per heavy atom. The van der Waals surface area contributed by atoms with Crippen molar-refractivity contribution < 1.29 is 10.0 Å². The Balaban J connectivity index is 1.99. The normalized spacial score (nSPS) is 12.9. The smallest absolute Gasteiger partial charge is 0.124 e. The number of phenolic OH excluding ortho intramolecular Hbond substituents is 1. The average Bonchev–Trinajstić information content (AvgIpc) is 2.49. The predicted molar refractivity (Wildman–Crippen MR) is 87.3 cm³/mol. The van der Waals surface area contributed by atoms with Gasteiger partial charge < -0.3 is 10.0 Å². The number of nitrogens with one attached hydrogen (secondary N) is 1. The number of quaternary nitrogens is 1. The van der Waals surface area contributed by atoms with Gasteiger partial charge >= 0.3 is 0 Å². The van der Waals surface area contributed by atoms with Gasteiger partial charge in [0, 0.05) is 18.2 Å². The van der Waals surface area contributed by atoms with Gasteiger partial charge in [0.05, 0.1) is 20.6 Å². The second-order valence-corrected chi connectivity index (χ2v) is 5.52. The minimum atomic E-state index is 0.276. The van der Waals surface area contributed by atoms with E-state index in [-0.39, 0.29) is 5.75 Å². The third-order valence-electron chi connectivity index (χ3n) is 3.63. The van der Waals surface area contributed by atoms with E-state index in [1.165, 1.54) is 10.5 Å². The Morgan fingerprint density at radius 3 is 2.38 bits per heavy atom. The molecular formula is C18H23N2O+. The Hall–Kier alpha value is -2.13. The van der Waals surface area contributed by atoms with Gasteiger partial charge in [0.2, 0.25) is 0 Å². The van der Waals surface area contributed by atoms with Crippen molar-refractivity contribution in [3.05, 3.63) is 65.7 Å². The van der Waals surface area contributed by atoms with Crippen LogP contribution in [-0.2, 0) is 6.42 Å². The maximum absolute atomic E-state index is 9.72. The molecule has 2 aromatic carbocycles. The summed E-state index contributed by atoms with van der Waals surface area (Å²) in [7, 11) is 4.31. The maximum atomic E-state index is 9.72. The molecular weight excluding hydrogens is 260 g/mol. The van der Waals surface area contributed by atoms with E-state index in [0.29, 0.717) is 6.04 Å². The first-order valence-electron chi connectivity index (χ1n) is 7.28. The third kappa shape index (κ3) is 4.72. The number of aliphatic imine (C=N–C) groups is 1. The fourth-order valence-electron chi connectivity index (χ4n) is 2.22. The van der Waals surface area contributed by atoms with E-state index in [0.717, 1.165) is 18.5 Å². The standard InChI is InChI=1S/C18H22N2O/c1-20(2)17(12-15-8-4-3-5-9-15)14-19-13-16-10-6-7-11-18(16)21/h3-11,13,17,21H,12,14H2,1-2H3/p+1/t17-/m1/s1. The van der Waals surface area contributed by atoms with Gasteiger partial charge in [-0.25, -0.2) is 0 Å². The van der Waals surface area contributed by atoms with Crippen molar-refractivity contribution >= 4 is 6.21 Å². The van der Waals surface area contributed by atoms with Crippen LogP contribution in [0.1, 0.15) is 11.1 Å². The summed E-state index contributed by atoms with van der Waals surface area (Å²) in [6.45, 7) is 0.742. The second kappa shape index (κ2) is 7.60. The first-order chi connectivity index (χ1) is 10.2. The molecule has 0 saturated heterocycles. The van der Waals surface area contributed by atoms with Crippen LogP contribution in [0, 0.1) is 0 Å². The number of nitrogens with zero attached hydrogens (tertiary/aromatic N) is 1. The molecule has 110 valence electrons. The summed E-state index contributed by atoms with van der Waals surface area (Å²) >= 11 is 0. The number of aromatic hydroxyl groups is 1. The lowest BCUT2D eigenvalue weighted by Crippen LogP contribution is -3.11. The molecule has 3 nitrogen and oxygen atoms in total. The summed E-state index contributed by atoms with van der Waals surface area (Å²) in [5.41, 5.74) is 2.10. The fraction of sp³-hybridized carbons (Fsp3) is 0.278. The van der Waals surface area contributed by atoms with E-state index < -0.39 is 0 Å². The average molecular weight is 283 g/mol. The molecule has 0 unspecified atom stereocenters. The van der Waals surface area contributed by atoms with Crippen LogP contribution in [0.3, 0.4) is 0 Å². The Kier molecular flexibility index (Phi) is 5.52. The molecule has 21 heavy (non-hydrogen) atoms. The zero-order chi connectivity index (χ0) is 15.1. The molecule has 0 amide bonds. The van der Waals surface area contributed by atoms with Gasteiger partial charge in [-0.1, -0.05) is 42.5 Å². The van der Waals surface area contributed by atoms with Gasteiger partial charge in [-0.15, -0.1) is 0 Å². The van der Waals surface area contributed by atoms with E-state index in [2.05, 4.69) is 43.4 Å². The first kappa shape index (κ1) is 15.3. The zero-order valence-corrected chi connectivity index (χ0v) is 12.7. The maximum Gasteiger partial charge on any atom is 0.124 e. The SMILES string of the molecule is C[NH+](C)[C@@H](CN=Cc1ccccc1O)Cc1ccccc1. The number of benzene rings is 2. The second-order valence-electron chi connectivity index (χ2n) is 5.52. The van der Waals surface area contributed by atoms with Crippen LogP contribution in [0.4, 0.5) is 0 Å². The molecule has 0 saturated carbocycles. The van der Waals surface area contributed by atoms with Crippen molar-refractivity contribution in [3.8, 4) is 5.75 Å². The Labute approximate surface area is 126 Å². The monoisotopic (exact) mass is 283 g/mol. The molecule has 0 heterocycles. The molecule has 0 aromatic heterocycles. The molecule has 2 N–H and O–H groups in total. The summed E-state index contributed by atoms with van der Waals surface area (Å²) in [4.78, 5) is 5.90. The largest absolute Gasteiger partial charge is 0.507 e. The quantitative estimate of drug-likeness (QED) is 0.776. The van der Waals surface area contributed by atoms with Crippen molar-refractivity contribution in [1.82, 2.24) is 0 Å². The summed E-state index contributed by atoms with van der Waals surface area (Å²) in [6.07, 6.45) is 2.76. The van der Waals surface area contributed by atoms with Gasteiger partial charge in [0.15, 0.2) is 0 Å². The van der Waals surface area contributed by atoms with E-state index in [9.17, 15) is 5.11 Å². The van der Waals surface area contributed by atoms with E-state index in [4.69, 9.17) is 0 Å². The number of para-hydroxylation sites is 1. The van der Waals surface area contributed by atoms with Crippen molar-refractivity contribution in [2.45, 2.75) is 12.5 Å². The molecule has 0 bridgehead atoms. The Morgan fingerprint density at radius 1 is 1.05 bits per heavy atom. The van der Waals surface area contributed by atoms with Crippen LogP contribution in [-0.4, -0.2) is 38.0 Å². The number of phenols is 1. The number of hydrogen-bond donors (Lipinski definition) is 2. The van der Waals surface area contributed by atoms with E-state index in [1.807, 2.05) is 24.3 Å². The summed E-state index contributed by atoms with van der Waals surface area (Å²) in [5.74, 6) is 0.276. The van der Waals surface area contributed by atoms with Gasteiger partial charge in [-0.05, 0) is 17.7 Å². The summed E-state index contributed by atoms with van der Waals surface area (Å²) < 4.78 is 0.